The fourth-order valence-electron chi connectivity index (χ4n) is 1.78. The Kier molecular flexibility index (Phi) is 3.52. The first-order valence-corrected chi connectivity index (χ1v) is 6.26. The number of nitriles is 1. The number of pyridine rings is 1. The number of aromatic nitrogens is 3. The van der Waals surface area contributed by atoms with Crippen LogP contribution in [0.3, 0.4) is 0 Å². The average molecular weight is 274 g/mol. The van der Waals surface area contributed by atoms with Crippen LogP contribution in [0.15, 0.2) is 61.1 Å². The maximum Gasteiger partial charge on any atom is 0.321 e. The highest BCUT2D eigenvalue weighted by Crippen LogP contribution is 2.21. The third kappa shape index (κ3) is 3.01. The zero-order chi connectivity index (χ0) is 14.5. The van der Waals surface area contributed by atoms with Crippen molar-refractivity contribution in [3.05, 3.63) is 66.7 Å². The smallest absolute Gasteiger partial charge is 0.321 e. The lowest BCUT2D eigenvalue weighted by Crippen LogP contribution is -1.92. The van der Waals surface area contributed by atoms with E-state index in [1.165, 1.54) is 0 Å². The van der Waals surface area contributed by atoms with Crippen LogP contribution in [0, 0.1) is 11.3 Å². The summed E-state index contributed by atoms with van der Waals surface area (Å²) in [6.07, 6.45) is 4.89. The number of rotatable bonds is 3. The molecule has 0 bridgehead atoms. The van der Waals surface area contributed by atoms with Gasteiger partial charge < -0.3 is 4.74 Å². The summed E-state index contributed by atoms with van der Waals surface area (Å²) in [7, 11) is 0. The van der Waals surface area contributed by atoms with E-state index in [-0.39, 0.29) is 6.01 Å². The molecule has 0 unspecified atom stereocenters. The molecule has 5 heteroatoms. The molecule has 0 N–H and O–H groups in total. The molecular formula is C16H10N4O. The minimum atomic E-state index is 0.277. The third-order valence-electron chi connectivity index (χ3n) is 2.79. The van der Waals surface area contributed by atoms with Gasteiger partial charge in [-0.2, -0.15) is 5.26 Å². The number of ether oxygens (including phenoxy) is 1. The molecule has 2 aromatic heterocycles. The van der Waals surface area contributed by atoms with Crippen LogP contribution in [0.25, 0.3) is 11.1 Å². The second kappa shape index (κ2) is 5.80. The molecular weight excluding hydrogens is 264 g/mol. The van der Waals surface area contributed by atoms with Crippen molar-refractivity contribution in [1.82, 2.24) is 15.0 Å². The van der Waals surface area contributed by atoms with Crippen LogP contribution in [-0.4, -0.2) is 15.0 Å². The molecule has 0 amide bonds. The van der Waals surface area contributed by atoms with Crippen LogP contribution in [-0.2, 0) is 0 Å². The quantitative estimate of drug-likeness (QED) is 0.733. The lowest BCUT2D eigenvalue weighted by Gasteiger charge is -2.04. The van der Waals surface area contributed by atoms with Gasteiger partial charge in [0.2, 0.25) is 0 Å². The van der Waals surface area contributed by atoms with E-state index in [9.17, 15) is 0 Å². The van der Waals surface area contributed by atoms with Crippen molar-refractivity contribution in [2.75, 3.05) is 0 Å². The SMILES string of the molecule is N#Cc1cc(-c2cnc(Oc3ccccc3)nc2)ccn1. The Morgan fingerprint density at radius 3 is 2.38 bits per heavy atom. The molecule has 2 heterocycles. The molecule has 0 saturated carbocycles. The summed E-state index contributed by atoms with van der Waals surface area (Å²) >= 11 is 0. The fourth-order valence-corrected chi connectivity index (χ4v) is 1.78. The van der Waals surface area contributed by atoms with E-state index < -0.39 is 0 Å². The third-order valence-corrected chi connectivity index (χ3v) is 2.79. The lowest BCUT2D eigenvalue weighted by atomic mass is 10.1. The predicted octanol–water partition coefficient (Wildman–Crippen LogP) is 3.20. The van der Waals surface area contributed by atoms with Crippen molar-refractivity contribution >= 4 is 0 Å². The number of hydrogen-bond acceptors (Lipinski definition) is 5. The summed E-state index contributed by atoms with van der Waals surface area (Å²) in [6.45, 7) is 0. The van der Waals surface area contributed by atoms with Gasteiger partial charge in [-0.05, 0) is 29.8 Å². The van der Waals surface area contributed by atoms with Crippen LogP contribution in [0.4, 0.5) is 0 Å². The van der Waals surface area contributed by atoms with Gasteiger partial charge in [0.25, 0.3) is 0 Å². The monoisotopic (exact) mass is 274 g/mol. The van der Waals surface area contributed by atoms with Gasteiger partial charge in [0.1, 0.15) is 17.5 Å². The Bertz CT molecular complexity index is 779. The minimum absolute atomic E-state index is 0.277. The maximum absolute atomic E-state index is 8.85. The first-order valence-electron chi connectivity index (χ1n) is 6.26. The van der Waals surface area contributed by atoms with Gasteiger partial charge in [-0.25, -0.2) is 15.0 Å². The van der Waals surface area contributed by atoms with Gasteiger partial charge in [0.15, 0.2) is 0 Å². The predicted molar refractivity (Wildman–Crippen MR) is 76.5 cm³/mol. The Labute approximate surface area is 121 Å². The van der Waals surface area contributed by atoms with Crippen molar-refractivity contribution in [2.45, 2.75) is 0 Å². The zero-order valence-corrected chi connectivity index (χ0v) is 11.0. The molecule has 1 aromatic carbocycles. The Balaban J connectivity index is 1.82. The normalized spacial score (nSPS) is 9.86. The molecule has 0 radical (unpaired) electrons. The molecule has 3 aromatic rings. The number of para-hydroxylation sites is 1. The molecule has 0 aliphatic heterocycles. The summed E-state index contributed by atoms with van der Waals surface area (Å²) in [6, 6.07) is 15.1. The lowest BCUT2D eigenvalue weighted by molar-refractivity contribution is 0.442. The van der Waals surface area contributed by atoms with Crippen molar-refractivity contribution in [3.63, 3.8) is 0 Å². The van der Waals surface area contributed by atoms with Gasteiger partial charge in [0.05, 0.1) is 0 Å². The summed E-state index contributed by atoms with van der Waals surface area (Å²) in [5.41, 5.74) is 2.00. The largest absolute Gasteiger partial charge is 0.424 e. The maximum atomic E-state index is 8.85. The molecule has 0 spiro atoms. The zero-order valence-electron chi connectivity index (χ0n) is 11.0. The van der Waals surface area contributed by atoms with Crippen LogP contribution in [0.1, 0.15) is 5.69 Å². The number of nitrogens with zero attached hydrogens (tertiary/aromatic N) is 4. The molecule has 0 fully saturated rings. The van der Waals surface area contributed by atoms with Crippen LogP contribution in [0.2, 0.25) is 0 Å². The van der Waals surface area contributed by atoms with E-state index in [2.05, 4.69) is 15.0 Å². The topological polar surface area (TPSA) is 71.7 Å². The molecule has 5 nitrogen and oxygen atoms in total. The van der Waals surface area contributed by atoms with Crippen molar-refractivity contribution in [3.8, 4) is 29.0 Å². The van der Waals surface area contributed by atoms with Gasteiger partial charge in [-0.1, -0.05) is 18.2 Å². The Morgan fingerprint density at radius 2 is 1.67 bits per heavy atom. The molecule has 0 aliphatic carbocycles. The van der Waals surface area contributed by atoms with Crippen LogP contribution >= 0.6 is 0 Å². The van der Waals surface area contributed by atoms with Crippen LogP contribution < -0.4 is 4.74 Å². The molecule has 21 heavy (non-hydrogen) atoms. The first-order chi connectivity index (χ1) is 10.3. The summed E-state index contributed by atoms with van der Waals surface area (Å²) in [5, 5.41) is 8.85. The van der Waals surface area contributed by atoms with Gasteiger partial charge in [-0.15, -0.1) is 0 Å². The van der Waals surface area contributed by atoms with Gasteiger partial charge in [-0.3, -0.25) is 0 Å². The van der Waals surface area contributed by atoms with Crippen molar-refractivity contribution in [1.29, 1.82) is 5.26 Å². The Morgan fingerprint density at radius 1 is 0.905 bits per heavy atom. The highest BCUT2D eigenvalue weighted by Gasteiger charge is 2.04. The second-order valence-corrected chi connectivity index (χ2v) is 4.21. The van der Waals surface area contributed by atoms with Crippen molar-refractivity contribution < 1.29 is 4.74 Å². The summed E-state index contributed by atoms with van der Waals surface area (Å²) in [4.78, 5) is 12.3. The number of hydrogen-bond donors (Lipinski definition) is 0. The molecule has 0 atom stereocenters. The standard InChI is InChI=1S/C16H10N4O/c17-9-14-8-12(6-7-18-14)13-10-19-16(20-11-13)21-15-4-2-1-3-5-15/h1-8,10-11H. The van der Waals surface area contributed by atoms with E-state index in [1.54, 1.807) is 30.7 Å². The molecule has 3 rings (SSSR count). The van der Waals surface area contributed by atoms with E-state index in [0.29, 0.717) is 11.4 Å². The number of benzene rings is 1. The van der Waals surface area contributed by atoms with Gasteiger partial charge in [0, 0.05) is 24.2 Å². The van der Waals surface area contributed by atoms with E-state index in [4.69, 9.17) is 10.00 Å². The first kappa shape index (κ1) is 12.8. The molecule has 0 saturated heterocycles. The highest BCUT2D eigenvalue weighted by molar-refractivity contribution is 5.62. The van der Waals surface area contributed by atoms with Crippen molar-refractivity contribution in [2.24, 2.45) is 0 Å². The van der Waals surface area contributed by atoms with Crippen LogP contribution in [0.5, 0.6) is 11.8 Å². The fraction of sp³-hybridized carbons (Fsp3) is 0. The second-order valence-electron chi connectivity index (χ2n) is 4.21. The van der Waals surface area contributed by atoms with E-state index >= 15 is 0 Å². The molecule has 0 aliphatic rings. The summed E-state index contributed by atoms with van der Waals surface area (Å²) in [5.74, 6) is 0.681. The Hall–Kier alpha value is -3.26. The highest BCUT2D eigenvalue weighted by atomic mass is 16.5. The van der Waals surface area contributed by atoms with E-state index in [1.807, 2.05) is 36.4 Å². The average Bonchev–Trinajstić information content (AvgIpc) is 2.56. The summed E-state index contributed by atoms with van der Waals surface area (Å²) < 4.78 is 5.53. The van der Waals surface area contributed by atoms with Gasteiger partial charge >= 0.3 is 6.01 Å². The van der Waals surface area contributed by atoms with E-state index in [0.717, 1.165) is 11.1 Å². The molecule has 100 valence electrons. The minimum Gasteiger partial charge on any atom is -0.424 e.